The minimum absolute atomic E-state index is 0.126. The number of piperazine rings is 1. The first-order valence-corrected chi connectivity index (χ1v) is 13.9. The van der Waals surface area contributed by atoms with E-state index in [9.17, 15) is 14.4 Å². The molecular formula is C31H31ClN4O3. The SMILES string of the molecule is O=C1CCC(N2Cc3cc(CN4CCN(Cc5ccccc5-c5ccc(Cl)cc5)CC4)ccc3C2=O)C(=O)N1. The molecule has 0 spiro atoms. The molecule has 1 unspecified atom stereocenters. The van der Waals surface area contributed by atoms with Crippen molar-refractivity contribution >= 4 is 29.3 Å². The van der Waals surface area contributed by atoms with Crippen molar-refractivity contribution in [2.75, 3.05) is 26.2 Å². The maximum atomic E-state index is 13.0. The molecule has 0 aliphatic carbocycles. The molecule has 0 bridgehead atoms. The van der Waals surface area contributed by atoms with Crippen molar-refractivity contribution in [3.8, 4) is 11.1 Å². The highest BCUT2D eigenvalue weighted by atomic mass is 35.5. The lowest BCUT2D eigenvalue weighted by molar-refractivity contribution is -0.136. The number of piperidine rings is 1. The summed E-state index contributed by atoms with van der Waals surface area (Å²) in [7, 11) is 0. The van der Waals surface area contributed by atoms with Crippen molar-refractivity contribution in [1.29, 1.82) is 0 Å². The smallest absolute Gasteiger partial charge is 0.255 e. The second kappa shape index (κ2) is 10.9. The summed E-state index contributed by atoms with van der Waals surface area (Å²) in [5.74, 6) is -0.770. The zero-order valence-electron chi connectivity index (χ0n) is 21.7. The summed E-state index contributed by atoms with van der Waals surface area (Å²) < 4.78 is 0. The van der Waals surface area contributed by atoms with Crippen molar-refractivity contribution in [3.05, 3.63) is 94.0 Å². The zero-order valence-corrected chi connectivity index (χ0v) is 22.5. The van der Waals surface area contributed by atoms with Gasteiger partial charge in [0.1, 0.15) is 6.04 Å². The predicted molar refractivity (Wildman–Crippen MR) is 150 cm³/mol. The molecule has 0 aromatic heterocycles. The molecule has 200 valence electrons. The Labute approximate surface area is 233 Å². The molecular weight excluding hydrogens is 512 g/mol. The largest absolute Gasteiger partial charge is 0.322 e. The summed E-state index contributed by atoms with van der Waals surface area (Å²) in [6, 6.07) is 22.0. The van der Waals surface area contributed by atoms with Crippen molar-refractivity contribution in [1.82, 2.24) is 20.0 Å². The van der Waals surface area contributed by atoms with Gasteiger partial charge in [-0.3, -0.25) is 29.5 Å². The third-order valence-corrected chi connectivity index (χ3v) is 8.28. The van der Waals surface area contributed by atoms with Gasteiger partial charge in [-0.15, -0.1) is 0 Å². The maximum absolute atomic E-state index is 13.0. The molecule has 0 radical (unpaired) electrons. The van der Waals surface area contributed by atoms with Gasteiger partial charge in [0.25, 0.3) is 5.91 Å². The quantitative estimate of drug-likeness (QED) is 0.475. The molecule has 3 aliphatic heterocycles. The summed E-state index contributed by atoms with van der Waals surface area (Å²) in [6.45, 7) is 6.07. The number of amides is 3. The van der Waals surface area contributed by atoms with E-state index in [0.29, 0.717) is 18.5 Å². The first kappa shape index (κ1) is 25.7. The van der Waals surface area contributed by atoms with E-state index >= 15 is 0 Å². The van der Waals surface area contributed by atoms with Crippen molar-refractivity contribution < 1.29 is 14.4 Å². The normalized spacial score (nSPS) is 20.3. The molecule has 2 fully saturated rings. The molecule has 2 saturated heterocycles. The Hall–Kier alpha value is -3.52. The predicted octanol–water partition coefficient (Wildman–Crippen LogP) is 4.09. The highest BCUT2D eigenvalue weighted by Gasteiger charge is 2.39. The molecule has 1 atom stereocenters. The number of hydrogen-bond donors (Lipinski definition) is 1. The van der Waals surface area contributed by atoms with Gasteiger partial charge in [0.2, 0.25) is 11.8 Å². The van der Waals surface area contributed by atoms with Crippen LogP contribution in [0.1, 0.15) is 39.9 Å². The van der Waals surface area contributed by atoms with Gasteiger partial charge in [-0.1, -0.05) is 60.1 Å². The molecule has 0 saturated carbocycles. The Kier molecular flexibility index (Phi) is 7.21. The molecule has 3 heterocycles. The van der Waals surface area contributed by atoms with Gasteiger partial charge in [0.05, 0.1) is 0 Å². The van der Waals surface area contributed by atoms with Crippen LogP contribution in [0.3, 0.4) is 0 Å². The number of hydrogen-bond acceptors (Lipinski definition) is 5. The number of carbonyl (C=O) groups excluding carboxylic acids is 3. The summed E-state index contributed by atoms with van der Waals surface area (Å²) in [4.78, 5) is 43.4. The molecule has 6 rings (SSSR count). The standard InChI is InChI=1S/C31H31ClN4O3/c32-25-8-6-22(7-9-25)26-4-2-1-3-23(26)19-35-15-13-34(14-16-35)18-21-5-10-27-24(17-21)20-36(31(27)39)28-11-12-29(37)33-30(28)38/h1-10,17,28H,11-16,18-20H2,(H,33,37,38). The summed E-state index contributed by atoms with van der Waals surface area (Å²) in [5, 5.41) is 3.11. The average Bonchev–Trinajstić information content (AvgIpc) is 3.26. The van der Waals surface area contributed by atoms with Gasteiger partial charge in [0, 0.05) is 62.8 Å². The van der Waals surface area contributed by atoms with E-state index in [2.05, 4.69) is 57.6 Å². The van der Waals surface area contributed by atoms with Gasteiger partial charge < -0.3 is 4.90 Å². The van der Waals surface area contributed by atoms with E-state index in [0.717, 1.165) is 49.9 Å². The molecule has 8 heteroatoms. The fraction of sp³-hybridized carbons (Fsp3) is 0.323. The van der Waals surface area contributed by atoms with Crippen LogP contribution in [0.5, 0.6) is 0 Å². The molecule has 39 heavy (non-hydrogen) atoms. The Morgan fingerprint density at radius 3 is 2.28 bits per heavy atom. The Bertz CT molecular complexity index is 1420. The third-order valence-electron chi connectivity index (χ3n) is 8.03. The van der Waals surface area contributed by atoms with Gasteiger partial charge in [-0.2, -0.15) is 0 Å². The lowest BCUT2D eigenvalue weighted by Gasteiger charge is -2.35. The van der Waals surface area contributed by atoms with Crippen molar-refractivity contribution in [2.45, 2.75) is 38.5 Å². The first-order chi connectivity index (χ1) is 18.9. The number of carbonyl (C=O) groups is 3. The van der Waals surface area contributed by atoms with E-state index in [4.69, 9.17) is 11.6 Å². The monoisotopic (exact) mass is 542 g/mol. The third kappa shape index (κ3) is 5.48. The van der Waals surface area contributed by atoms with Crippen LogP contribution < -0.4 is 5.32 Å². The number of imide groups is 1. The Morgan fingerprint density at radius 1 is 0.821 bits per heavy atom. The van der Waals surface area contributed by atoms with Crippen LogP contribution in [-0.2, 0) is 29.2 Å². The Balaban J connectivity index is 1.06. The minimum atomic E-state index is -0.580. The topological polar surface area (TPSA) is 73.0 Å². The van der Waals surface area contributed by atoms with Crippen LogP contribution >= 0.6 is 11.6 Å². The van der Waals surface area contributed by atoms with E-state index in [1.807, 2.05) is 24.3 Å². The lowest BCUT2D eigenvalue weighted by atomic mass is 9.99. The molecule has 3 aromatic rings. The van der Waals surface area contributed by atoms with Gasteiger partial charge in [-0.25, -0.2) is 0 Å². The van der Waals surface area contributed by atoms with Crippen LogP contribution in [-0.4, -0.2) is 64.6 Å². The first-order valence-electron chi connectivity index (χ1n) is 13.5. The van der Waals surface area contributed by atoms with Crippen molar-refractivity contribution in [3.63, 3.8) is 0 Å². The van der Waals surface area contributed by atoms with E-state index in [-0.39, 0.29) is 24.1 Å². The number of benzene rings is 3. The summed E-state index contributed by atoms with van der Waals surface area (Å²) in [5.41, 5.74) is 6.54. The number of fused-ring (bicyclic) bond motifs is 1. The minimum Gasteiger partial charge on any atom is -0.322 e. The molecule has 3 amide bonds. The summed E-state index contributed by atoms with van der Waals surface area (Å²) >= 11 is 6.09. The zero-order chi connectivity index (χ0) is 26.9. The van der Waals surface area contributed by atoms with E-state index in [1.54, 1.807) is 4.90 Å². The second-order valence-corrected chi connectivity index (χ2v) is 11.0. The Morgan fingerprint density at radius 2 is 1.54 bits per heavy atom. The summed E-state index contributed by atoms with van der Waals surface area (Å²) in [6.07, 6.45) is 0.645. The second-order valence-electron chi connectivity index (χ2n) is 10.6. The molecule has 3 aromatic carbocycles. The van der Waals surface area contributed by atoms with E-state index in [1.165, 1.54) is 22.3 Å². The molecule has 3 aliphatic rings. The number of nitrogens with one attached hydrogen (secondary N) is 1. The van der Waals surface area contributed by atoms with Crippen molar-refractivity contribution in [2.24, 2.45) is 0 Å². The highest BCUT2D eigenvalue weighted by molar-refractivity contribution is 6.30. The number of nitrogens with zero attached hydrogens (tertiary/aromatic N) is 3. The fourth-order valence-electron chi connectivity index (χ4n) is 5.90. The van der Waals surface area contributed by atoms with Crippen LogP contribution in [0.2, 0.25) is 5.02 Å². The van der Waals surface area contributed by atoms with Crippen LogP contribution in [0, 0.1) is 0 Å². The maximum Gasteiger partial charge on any atom is 0.255 e. The average molecular weight is 543 g/mol. The highest BCUT2D eigenvalue weighted by Crippen LogP contribution is 2.29. The van der Waals surface area contributed by atoms with Crippen LogP contribution in [0.25, 0.3) is 11.1 Å². The van der Waals surface area contributed by atoms with Gasteiger partial charge >= 0.3 is 0 Å². The number of rotatable bonds is 6. The molecule has 1 N–H and O–H groups in total. The fourth-order valence-corrected chi connectivity index (χ4v) is 6.03. The lowest BCUT2D eigenvalue weighted by Crippen LogP contribution is -2.52. The van der Waals surface area contributed by atoms with Gasteiger partial charge in [-0.05, 0) is 52.4 Å². The van der Waals surface area contributed by atoms with E-state index < -0.39 is 6.04 Å². The molecule has 7 nitrogen and oxygen atoms in total. The van der Waals surface area contributed by atoms with Gasteiger partial charge in [0.15, 0.2) is 0 Å². The van der Waals surface area contributed by atoms with Crippen LogP contribution in [0.4, 0.5) is 0 Å². The van der Waals surface area contributed by atoms with Crippen LogP contribution in [0.15, 0.2) is 66.7 Å². The number of halogens is 1.